The number of pyridine rings is 1. The van der Waals surface area contributed by atoms with Crippen LogP contribution in [-0.2, 0) is 0 Å². The fourth-order valence-electron chi connectivity index (χ4n) is 2.48. The van der Waals surface area contributed by atoms with Crippen LogP contribution in [0.1, 0.15) is 29.3 Å². The minimum absolute atomic E-state index is 0.654. The molecule has 2 heterocycles. The molecule has 0 amide bonds. The summed E-state index contributed by atoms with van der Waals surface area (Å²) in [4.78, 5) is 19.9. The lowest BCUT2D eigenvalue weighted by molar-refractivity contribution is 0.112. The van der Waals surface area contributed by atoms with Crippen molar-refractivity contribution in [2.75, 3.05) is 37.6 Å². The Morgan fingerprint density at radius 3 is 2.61 bits per heavy atom. The number of rotatable bonds is 4. The van der Waals surface area contributed by atoms with E-state index in [1.54, 1.807) is 6.20 Å². The van der Waals surface area contributed by atoms with Crippen molar-refractivity contribution in [1.82, 2.24) is 9.88 Å². The Bertz CT molecular complexity index is 412. The first-order valence-corrected chi connectivity index (χ1v) is 6.63. The minimum Gasteiger partial charge on any atom is -0.354 e. The summed E-state index contributed by atoms with van der Waals surface area (Å²) in [6.45, 7) is 9.67. The Morgan fingerprint density at radius 1 is 1.33 bits per heavy atom. The maximum Gasteiger partial charge on any atom is 0.151 e. The van der Waals surface area contributed by atoms with Gasteiger partial charge in [-0.3, -0.25) is 9.69 Å². The number of aldehydes is 1. The van der Waals surface area contributed by atoms with Gasteiger partial charge in [0.25, 0.3) is 0 Å². The second-order valence-corrected chi connectivity index (χ2v) is 4.86. The van der Waals surface area contributed by atoms with Gasteiger partial charge in [-0.2, -0.15) is 0 Å². The Labute approximate surface area is 109 Å². The zero-order chi connectivity index (χ0) is 13.0. The van der Waals surface area contributed by atoms with Crippen molar-refractivity contribution in [3.8, 4) is 0 Å². The van der Waals surface area contributed by atoms with E-state index in [9.17, 15) is 4.79 Å². The number of aryl methyl sites for hydroxylation is 1. The fraction of sp³-hybridized carbons (Fsp3) is 0.571. The second kappa shape index (κ2) is 5.96. The molecule has 0 unspecified atom stereocenters. The molecule has 1 saturated heterocycles. The predicted octanol–water partition coefficient (Wildman–Crippen LogP) is 1.73. The number of anilines is 1. The molecule has 1 fully saturated rings. The van der Waals surface area contributed by atoms with Crippen molar-refractivity contribution >= 4 is 12.1 Å². The summed E-state index contributed by atoms with van der Waals surface area (Å²) in [5.74, 6) is 1.02. The number of hydrogen-bond donors (Lipinski definition) is 0. The Morgan fingerprint density at radius 2 is 2.06 bits per heavy atom. The lowest BCUT2D eigenvalue weighted by atomic mass is 10.2. The number of hydrogen-bond acceptors (Lipinski definition) is 4. The van der Waals surface area contributed by atoms with Crippen LogP contribution in [0.15, 0.2) is 12.3 Å². The third-order valence-corrected chi connectivity index (χ3v) is 3.42. The van der Waals surface area contributed by atoms with Gasteiger partial charge in [-0.15, -0.1) is 0 Å². The monoisotopic (exact) mass is 247 g/mol. The third-order valence-electron chi connectivity index (χ3n) is 3.42. The fourth-order valence-corrected chi connectivity index (χ4v) is 2.48. The summed E-state index contributed by atoms with van der Waals surface area (Å²) in [5, 5.41) is 0. The van der Waals surface area contributed by atoms with Crippen LogP contribution in [0.5, 0.6) is 0 Å². The van der Waals surface area contributed by atoms with E-state index in [-0.39, 0.29) is 0 Å². The Hall–Kier alpha value is -1.42. The van der Waals surface area contributed by atoms with Crippen molar-refractivity contribution in [3.63, 3.8) is 0 Å². The molecule has 1 aliphatic heterocycles. The minimum atomic E-state index is 0.654. The van der Waals surface area contributed by atoms with E-state index in [2.05, 4.69) is 21.7 Å². The third kappa shape index (κ3) is 2.88. The van der Waals surface area contributed by atoms with E-state index in [1.807, 2.05) is 13.0 Å². The smallest absolute Gasteiger partial charge is 0.151 e. The number of carbonyl (C=O) groups is 1. The Balaban J connectivity index is 2.03. The second-order valence-electron chi connectivity index (χ2n) is 4.86. The highest BCUT2D eigenvalue weighted by molar-refractivity contribution is 5.75. The number of piperazine rings is 1. The SMILES string of the molecule is CCCN1CCN(c2ncc(C=O)cc2C)CC1. The molecule has 18 heavy (non-hydrogen) atoms. The van der Waals surface area contributed by atoms with Crippen LogP contribution in [0.25, 0.3) is 0 Å². The van der Waals surface area contributed by atoms with Crippen molar-refractivity contribution in [2.45, 2.75) is 20.3 Å². The quantitative estimate of drug-likeness (QED) is 0.759. The van der Waals surface area contributed by atoms with E-state index in [0.29, 0.717) is 5.56 Å². The van der Waals surface area contributed by atoms with Gasteiger partial charge in [0.2, 0.25) is 0 Å². The highest BCUT2D eigenvalue weighted by Gasteiger charge is 2.18. The van der Waals surface area contributed by atoms with Crippen molar-refractivity contribution in [3.05, 3.63) is 23.4 Å². The van der Waals surface area contributed by atoms with Crippen molar-refractivity contribution < 1.29 is 4.79 Å². The van der Waals surface area contributed by atoms with Gasteiger partial charge in [0, 0.05) is 37.9 Å². The predicted molar refractivity (Wildman–Crippen MR) is 73.3 cm³/mol. The molecular weight excluding hydrogens is 226 g/mol. The van der Waals surface area contributed by atoms with Gasteiger partial charge in [0.15, 0.2) is 6.29 Å². The molecule has 0 aliphatic carbocycles. The summed E-state index contributed by atoms with van der Waals surface area (Å²) in [5.41, 5.74) is 1.74. The van der Waals surface area contributed by atoms with Gasteiger partial charge in [-0.05, 0) is 31.5 Å². The standard InChI is InChI=1S/C14H21N3O/c1-3-4-16-5-7-17(8-6-16)14-12(2)9-13(11-18)10-15-14/h9-11H,3-8H2,1-2H3. The highest BCUT2D eigenvalue weighted by Crippen LogP contribution is 2.19. The Kier molecular flexibility index (Phi) is 4.31. The van der Waals surface area contributed by atoms with Crippen LogP contribution in [0.2, 0.25) is 0 Å². The molecule has 1 aromatic rings. The first-order valence-electron chi connectivity index (χ1n) is 6.63. The van der Waals surface area contributed by atoms with E-state index in [0.717, 1.165) is 43.8 Å². The first-order chi connectivity index (χ1) is 8.74. The summed E-state index contributed by atoms with van der Waals surface area (Å²) >= 11 is 0. The average Bonchev–Trinajstić information content (AvgIpc) is 2.40. The molecule has 0 radical (unpaired) electrons. The number of aromatic nitrogens is 1. The molecular formula is C14H21N3O. The van der Waals surface area contributed by atoms with E-state index in [1.165, 1.54) is 13.0 Å². The highest BCUT2D eigenvalue weighted by atomic mass is 16.1. The molecule has 0 bridgehead atoms. The van der Waals surface area contributed by atoms with E-state index >= 15 is 0 Å². The first kappa shape index (κ1) is 13.0. The molecule has 4 nitrogen and oxygen atoms in total. The maximum absolute atomic E-state index is 10.7. The van der Waals surface area contributed by atoms with Gasteiger partial charge in [-0.1, -0.05) is 6.92 Å². The molecule has 98 valence electrons. The van der Waals surface area contributed by atoms with Crippen molar-refractivity contribution in [2.24, 2.45) is 0 Å². The average molecular weight is 247 g/mol. The normalized spacial score (nSPS) is 16.9. The number of carbonyl (C=O) groups excluding carboxylic acids is 1. The van der Waals surface area contributed by atoms with Gasteiger partial charge < -0.3 is 4.90 Å². The molecule has 0 spiro atoms. The van der Waals surface area contributed by atoms with Crippen LogP contribution in [0.4, 0.5) is 5.82 Å². The molecule has 1 aliphatic rings. The van der Waals surface area contributed by atoms with E-state index in [4.69, 9.17) is 0 Å². The lowest BCUT2D eigenvalue weighted by Gasteiger charge is -2.35. The zero-order valence-electron chi connectivity index (χ0n) is 11.2. The van der Waals surface area contributed by atoms with Gasteiger partial charge in [0.1, 0.15) is 5.82 Å². The largest absolute Gasteiger partial charge is 0.354 e. The molecule has 1 aromatic heterocycles. The molecule has 0 saturated carbocycles. The van der Waals surface area contributed by atoms with Crippen molar-refractivity contribution in [1.29, 1.82) is 0 Å². The van der Waals surface area contributed by atoms with Crippen LogP contribution in [0.3, 0.4) is 0 Å². The summed E-state index contributed by atoms with van der Waals surface area (Å²) in [6.07, 6.45) is 3.72. The van der Waals surface area contributed by atoms with Gasteiger partial charge >= 0.3 is 0 Å². The molecule has 4 heteroatoms. The summed E-state index contributed by atoms with van der Waals surface area (Å²) < 4.78 is 0. The molecule has 0 atom stereocenters. The molecule has 2 rings (SSSR count). The lowest BCUT2D eigenvalue weighted by Crippen LogP contribution is -2.47. The zero-order valence-corrected chi connectivity index (χ0v) is 11.2. The topological polar surface area (TPSA) is 36.4 Å². The summed E-state index contributed by atoms with van der Waals surface area (Å²) in [6, 6.07) is 1.91. The van der Waals surface area contributed by atoms with Crippen LogP contribution >= 0.6 is 0 Å². The van der Waals surface area contributed by atoms with Crippen LogP contribution in [0, 0.1) is 6.92 Å². The maximum atomic E-state index is 10.7. The number of nitrogens with zero attached hydrogens (tertiary/aromatic N) is 3. The molecule has 0 N–H and O–H groups in total. The summed E-state index contributed by atoms with van der Waals surface area (Å²) in [7, 11) is 0. The molecule has 0 aromatic carbocycles. The van der Waals surface area contributed by atoms with Crippen LogP contribution in [-0.4, -0.2) is 48.9 Å². The van der Waals surface area contributed by atoms with Gasteiger partial charge in [-0.25, -0.2) is 4.98 Å². The van der Waals surface area contributed by atoms with E-state index < -0.39 is 0 Å². The van der Waals surface area contributed by atoms with Crippen LogP contribution < -0.4 is 4.90 Å². The van der Waals surface area contributed by atoms with Gasteiger partial charge in [0.05, 0.1) is 0 Å².